The second-order valence-electron chi connectivity index (χ2n) is 4.23. The van der Waals surface area contributed by atoms with Crippen LogP contribution in [0.3, 0.4) is 0 Å². The Labute approximate surface area is 132 Å². The molecule has 0 unspecified atom stereocenters. The van der Waals surface area contributed by atoms with Gasteiger partial charge >= 0.3 is 11.8 Å². The van der Waals surface area contributed by atoms with Crippen molar-refractivity contribution in [3.63, 3.8) is 0 Å². The number of benzene rings is 1. The normalized spacial score (nSPS) is 10.6. The first-order valence-electron chi connectivity index (χ1n) is 6.46. The minimum absolute atomic E-state index is 0.152. The number of nitrogens with one attached hydrogen (secondary N) is 2. The Morgan fingerprint density at radius 2 is 2.00 bits per heavy atom. The van der Waals surface area contributed by atoms with Crippen LogP contribution in [0.1, 0.15) is 11.3 Å². The van der Waals surface area contributed by atoms with Crippen LogP contribution < -0.4 is 10.7 Å². The number of carbonyl (C=O) groups is 2. The molecule has 2 rings (SSSR count). The number of hydrogen-bond acceptors (Lipinski definition) is 5. The summed E-state index contributed by atoms with van der Waals surface area (Å²) in [5, 5.41) is 6.17. The largest absolute Gasteiger partial charge is 0.467 e. The third-order valence-electron chi connectivity index (χ3n) is 2.71. The highest BCUT2D eigenvalue weighted by Gasteiger charge is 2.12. The number of hydrazone groups is 1. The van der Waals surface area contributed by atoms with Gasteiger partial charge < -0.3 is 9.73 Å². The molecule has 0 aliphatic carbocycles. The van der Waals surface area contributed by atoms with Gasteiger partial charge in [0.15, 0.2) is 0 Å². The molecule has 0 saturated carbocycles. The van der Waals surface area contributed by atoms with Gasteiger partial charge in [-0.25, -0.2) is 5.43 Å². The van der Waals surface area contributed by atoms with Gasteiger partial charge in [-0.3, -0.25) is 9.59 Å². The van der Waals surface area contributed by atoms with E-state index in [1.54, 1.807) is 23.9 Å². The first kappa shape index (κ1) is 15.8. The standard InChI is InChI=1S/C15H15N3O3S/c1-22-13-6-4-11(5-7-13)9-17-18-15(20)14(19)16-10-12-3-2-8-21-12/h2-9H,10H2,1H3,(H,16,19)(H,18,20)/b17-9+. The van der Waals surface area contributed by atoms with Crippen LogP contribution in [0.25, 0.3) is 0 Å². The van der Waals surface area contributed by atoms with Gasteiger partial charge in [0, 0.05) is 4.90 Å². The quantitative estimate of drug-likeness (QED) is 0.381. The third-order valence-corrected chi connectivity index (χ3v) is 3.45. The first-order chi connectivity index (χ1) is 10.7. The Morgan fingerprint density at radius 1 is 1.23 bits per heavy atom. The highest BCUT2D eigenvalue weighted by molar-refractivity contribution is 7.98. The van der Waals surface area contributed by atoms with Crippen molar-refractivity contribution in [2.45, 2.75) is 11.4 Å². The third kappa shape index (κ3) is 4.78. The Bertz CT molecular complexity index is 651. The van der Waals surface area contributed by atoms with E-state index in [1.807, 2.05) is 30.5 Å². The lowest BCUT2D eigenvalue weighted by Crippen LogP contribution is -2.37. The number of carbonyl (C=O) groups excluding carboxylic acids is 2. The summed E-state index contributed by atoms with van der Waals surface area (Å²) in [7, 11) is 0. The van der Waals surface area contributed by atoms with Gasteiger partial charge in [0.05, 0.1) is 19.0 Å². The molecular formula is C15H15N3O3S. The van der Waals surface area contributed by atoms with Crippen molar-refractivity contribution in [1.29, 1.82) is 0 Å². The molecular weight excluding hydrogens is 302 g/mol. The maximum Gasteiger partial charge on any atom is 0.329 e. The van der Waals surface area contributed by atoms with Crippen molar-refractivity contribution >= 4 is 29.8 Å². The fourth-order valence-corrected chi connectivity index (χ4v) is 1.98. The van der Waals surface area contributed by atoms with Crippen molar-refractivity contribution in [2.24, 2.45) is 5.10 Å². The van der Waals surface area contributed by atoms with Gasteiger partial charge in [0.1, 0.15) is 5.76 Å². The van der Waals surface area contributed by atoms with Crippen molar-refractivity contribution in [3.8, 4) is 0 Å². The van der Waals surface area contributed by atoms with Crippen LogP contribution in [0.2, 0.25) is 0 Å². The molecule has 0 atom stereocenters. The molecule has 0 saturated heterocycles. The molecule has 6 nitrogen and oxygen atoms in total. The lowest BCUT2D eigenvalue weighted by atomic mass is 10.2. The van der Waals surface area contributed by atoms with Crippen LogP contribution in [0.4, 0.5) is 0 Å². The summed E-state index contributed by atoms with van der Waals surface area (Å²) in [6, 6.07) is 11.0. The van der Waals surface area contributed by atoms with E-state index < -0.39 is 11.8 Å². The minimum atomic E-state index is -0.830. The molecule has 2 amide bonds. The minimum Gasteiger partial charge on any atom is -0.467 e. The van der Waals surface area contributed by atoms with Crippen LogP contribution in [0.5, 0.6) is 0 Å². The zero-order chi connectivity index (χ0) is 15.8. The lowest BCUT2D eigenvalue weighted by molar-refractivity contribution is -0.139. The molecule has 1 aromatic heterocycles. The molecule has 2 aromatic rings. The topological polar surface area (TPSA) is 83.7 Å². The van der Waals surface area contributed by atoms with Gasteiger partial charge in [0.2, 0.25) is 0 Å². The Balaban J connectivity index is 1.78. The van der Waals surface area contributed by atoms with Crippen molar-refractivity contribution in [3.05, 3.63) is 54.0 Å². The molecule has 22 heavy (non-hydrogen) atoms. The molecule has 0 bridgehead atoms. The molecule has 0 aliphatic rings. The zero-order valence-corrected chi connectivity index (χ0v) is 12.7. The van der Waals surface area contributed by atoms with E-state index in [0.29, 0.717) is 5.76 Å². The van der Waals surface area contributed by atoms with E-state index in [2.05, 4.69) is 15.8 Å². The van der Waals surface area contributed by atoms with Crippen LogP contribution >= 0.6 is 11.8 Å². The second-order valence-corrected chi connectivity index (χ2v) is 5.11. The molecule has 0 radical (unpaired) electrons. The van der Waals surface area contributed by atoms with Gasteiger partial charge in [0.25, 0.3) is 0 Å². The van der Waals surface area contributed by atoms with Gasteiger partial charge in [-0.15, -0.1) is 11.8 Å². The summed E-state index contributed by atoms with van der Waals surface area (Å²) in [5.74, 6) is -1.03. The van der Waals surface area contributed by atoms with Gasteiger partial charge in [-0.2, -0.15) is 5.10 Å². The molecule has 0 fully saturated rings. The Kier molecular flexibility index (Phi) is 5.79. The highest BCUT2D eigenvalue weighted by atomic mass is 32.2. The molecule has 114 valence electrons. The number of nitrogens with zero attached hydrogens (tertiary/aromatic N) is 1. The maximum atomic E-state index is 11.5. The van der Waals surface area contributed by atoms with Crippen molar-refractivity contribution < 1.29 is 14.0 Å². The number of rotatable bonds is 5. The van der Waals surface area contributed by atoms with E-state index in [4.69, 9.17) is 4.42 Å². The summed E-state index contributed by atoms with van der Waals surface area (Å²) in [6.45, 7) is 0.152. The van der Waals surface area contributed by atoms with E-state index >= 15 is 0 Å². The predicted octanol–water partition coefficient (Wildman–Crippen LogP) is 1.77. The fraction of sp³-hybridized carbons (Fsp3) is 0.133. The summed E-state index contributed by atoms with van der Waals surface area (Å²) < 4.78 is 5.04. The van der Waals surface area contributed by atoms with Crippen LogP contribution in [0.15, 0.2) is 57.1 Å². The average Bonchev–Trinajstić information content (AvgIpc) is 3.06. The number of amides is 2. The zero-order valence-electron chi connectivity index (χ0n) is 11.9. The van der Waals surface area contributed by atoms with E-state index in [-0.39, 0.29) is 6.54 Å². The fourth-order valence-electron chi connectivity index (χ4n) is 1.57. The summed E-state index contributed by atoms with van der Waals surface area (Å²) in [6.07, 6.45) is 4.96. The van der Waals surface area contributed by atoms with Gasteiger partial charge in [-0.1, -0.05) is 12.1 Å². The smallest absolute Gasteiger partial charge is 0.329 e. The number of hydrogen-bond donors (Lipinski definition) is 2. The second kappa shape index (κ2) is 8.04. The Morgan fingerprint density at radius 3 is 2.64 bits per heavy atom. The predicted molar refractivity (Wildman–Crippen MR) is 84.5 cm³/mol. The summed E-state index contributed by atoms with van der Waals surface area (Å²) in [4.78, 5) is 24.2. The summed E-state index contributed by atoms with van der Waals surface area (Å²) >= 11 is 1.64. The van der Waals surface area contributed by atoms with Crippen LogP contribution in [-0.4, -0.2) is 24.3 Å². The molecule has 1 heterocycles. The molecule has 1 aromatic carbocycles. The molecule has 7 heteroatoms. The Hall–Kier alpha value is -2.54. The molecule has 0 spiro atoms. The van der Waals surface area contributed by atoms with E-state index in [0.717, 1.165) is 10.5 Å². The lowest BCUT2D eigenvalue weighted by Gasteiger charge is -2.01. The SMILES string of the molecule is CSc1ccc(/C=N/NC(=O)C(=O)NCc2ccco2)cc1. The van der Waals surface area contributed by atoms with E-state index in [1.165, 1.54) is 12.5 Å². The van der Waals surface area contributed by atoms with E-state index in [9.17, 15) is 9.59 Å². The maximum absolute atomic E-state index is 11.5. The number of furan rings is 1. The first-order valence-corrected chi connectivity index (χ1v) is 7.69. The summed E-state index contributed by atoms with van der Waals surface area (Å²) in [5.41, 5.74) is 3.00. The highest BCUT2D eigenvalue weighted by Crippen LogP contribution is 2.13. The number of thioether (sulfide) groups is 1. The van der Waals surface area contributed by atoms with Crippen LogP contribution in [0, 0.1) is 0 Å². The van der Waals surface area contributed by atoms with Crippen molar-refractivity contribution in [1.82, 2.24) is 10.7 Å². The van der Waals surface area contributed by atoms with Crippen molar-refractivity contribution in [2.75, 3.05) is 6.26 Å². The average molecular weight is 317 g/mol. The molecule has 0 aliphatic heterocycles. The molecule has 2 N–H and O–H groups in total. The monoisotopic (exact) mass is 317 g/mol. The van der Waals surface area contributed by atoms with Crippen LogP contribution in [-0.2, 0) is 16.1 Å². The van der Waals surface area contributed by atoms with Gasteiger partial charge in [-0.05, 0) is 36.1 Å².